The first-order valence-corrected chi connectivity index (χ1v) is 6.43. The summed E-state index contributed by atoms with van der Waals surface area (Å²) in [7, 11) is 0. The summed E-state index contributed by atoms with van der Waals surface area (Å²) >= 11 is 0. The van der Waals surface area contributed by atoms with E-state index in [4.69, 9.17) is 14.6 Å². The molecule has 6 heteroatoms. The van der Waals surface area contributed by atoms with Gasteiger partial charge in [0.1, 0.15) is 11.2 Å². The van der Waals surface area contributed by atoms with E-state index in [1.54, 1.807) is 41.5 Å². The van der Waals surface area contributed by atoms with Gasteiger partial charge in [-0.05, 0) is 41.5 Å². The van der Waals surface area contributed by atoms with Crippen molar-refractivity contribution in [3.05, 3.63) is 0 Å². The second-order valence-electron chi connectivity index (χ2n) is 6.67. The molecule has 0 aliphatic carbocycles. The number of ether oxygens (including phenoxy) is 2. The van der Waals surface area contributed by atoms with Crippen molar-refractivity contribution < 1.29 is 29.0 Å². The lowest BCUT2D eigenvalue weighted by atomic mass is 9.93. The average Bonchev–Trinajstić information content (AvgIpc) is 2.10. The molecule has 6 nitrogen and oxygen atoms in total. The summed E-state index contributed by atoms with van der Waals surface area (Å²) in [5, 5.41) is 9.03. The minimum absolute atomic E-state index is 0.810. The Labute approximate surface area is 119 Å². The van der Waals surface area contributed by atoms with Crippen LogP contribution in [0.3, 0.4) is 0 Å². The number of aliphatic carboxylic acids is 1. The topological polar surface area (TPSA) is 89.9 Å². The molecule has 0 amide bonds. The Hall–Kier alpha value is -1.59. The minimum atomic E-state index is -1.48. The van der Waals surface area contributed by atoms with E-state index in [1.807, 2.05) is 0 Å². The second-order valence-corrected chi connectivity index (χ2v) is 6.67. The van der Waals surface area contributed by atoms with Gasteiger partial charge in [0.2, 0.25) is 0 Å². The first-order valence-electron chi connectivity index (χ1n) is 6.43. The van der Waals surface area contributed by atoms with Crippen LogP contribution in [0.1, 0.15) is 48.5 Å². The standard InChI is InChI=1S/C14H24O6/c1-8(10(15)16)9(11(17)19-13(2,3)4)12(18)20-14(5,6)7/h8-9H,1-7H3,(H,15,16). The minimum Gasteiger partial charge on any atom is -0.481 e. The summed E-state index contributed by atoms with van der Waals surface area (Å²) in [6, 6.07) is 0. The average molecular weight is 288 g/mol. The lowest BCUT2D eigenvalue weighted by Crippen LogP contribution is -2.42. The monoisotopic (exact) mass is 288 g/mol. The molecule has 0 fully saturated rings. The molecule has 0 aliphatic heterocycles. The number of carboxylic acid groups (broad SMARTS) is 1. The van der Waals surface area contributed by atoms with E-state index < -0.39 is 40.9 Å². The van der Waals surface area contributed by atoms with Crippen LogP contribution in [0.25, 0.3) is 0 Å². The molecular formula is C14H24O6. The zero-order valence-electron chi connectivity index (χ0n) is 13.1. The molecule has 0 aromatic carbocycles. The Morgan fingerprint density at radius 2 is 1.15 bits per heavy atom. The van der Waals surface area contributed by atoms with Crippen LogP contribution in [-0.2, 0) is 23.9 Å². The molecule has 0 aliphatic rings. The summed E-state index contributed by atoms with van der Waals surface area (Å²) in [5.74, 6) is -5.74. The molecule has 0 radical (unpaired) electrons. The van der Waals surface area contributed by atoms with Gasteiger partial charge in [-0.25, -0.2) is 0 Å². The first kappa shape index (κ1) is 18.4. The van der Waals surface area contributed by atoms with Crippen LogP contribution in [0.4, 0.5) is 0 Å². The predicted octanol–water partition coefficient (Wildman–Crippen LogP) is 2.01. The van der Waals surface area contributed by atoms with Gasteiger partial charge in [-0.3, -0.25) is 14.4 Å². The van der Waals surface area contributed by atoms with Crippen LogP contribution < -0.4 is 0 Å². The summed E-state index contributed by atoms with van der Waals surface area (Å²) < 4.78 is 10.2. The predicted molar refractivity (Wildman–Crippen MR) is 72.0 cm³/mol. The third kappa shape index (κ3) is 6.54. The van der Waals surface area contributed by atoms with E-state index in [0.717, 1.165) is 0 Å². The number of rotatable bonds is 4. The van der Waals surface area contributed by atoms with Crippen molar-refractivity contribution in [3.63, 3.8) is 0 Å². The Kier molecular flexibility index (Phi) is 5.74. The normalized spacial score (nSPS) is 13.8. The van der Waals surface area contributed by atoms with Gasteiger partial charge < -0.3 is 14.6 Å². The van der Waals surface area contributed by atoms with Crippen molar-refractivity contribution in [3.8, 4) is 0 Å². The van der Waals surface area contributed by atoms with Crippen LogP contribution in [0.2, 0.25) is 0 Å². The van der Waals surface area contributed by atoms with Crippen LogP contribution in [-0.4, -0.2) is 34.2 Å². The van der Waals surface area contributed by atoms with Crippen LogP contribution in [0.15, 0.2) is 0 Å². The zero-order chi connectivity index (χ0) is 16.3. The highest BCUT2D eigenvalue weighted by atomic mass is 16.6. The molecule has 0 bridgehead atoms. The smallest absolute Gasteiger partial charge is 0.321 e. The molecule has 0 heterocycles. The van der Waals surface area contributed by atoms with Gasteiger partial charge in [-0.1, -0.05) is 6.92 Å². The maximum absolute atomic E-state index is 12.0. The molecule has 0 spiro atoms. The second kappa shape index (κ2) is 6.24. The highest BCUT2D eigenvalue weighted by molar-refractivity contribution is 5.99. The van der Waals surface area contributed by atoms with Gasteiger partial charge in [0.25, 0.3) is 0 Å². The summed E-state index contributed by atoms with van der Waals surface area (Å²) in [6.07, 6.45) is 0. The molecule has 0 saturated carbocycles. The Balaban J connectivity index is 5.24. The van der Waals surface area contributed by atoms with Gasteiger partial charge in [-0.2, -0.15) is 0 Å². The highest BCUT2D eigenvalue weighted by Crippen LogP contribution is 2.22. The van der Waals surface area contributed by atoms with Crippen molar-refractivity contribution in [1.29, 1.82) is 0 Å². The molecule has 1 unspecified atom stereocenters. The van der Waals surface area contributed by atoms with Gasteiger partial charge in [0.15, 0.2) is 5.92 Å². The van der Waals surface area contributed by atoms with Gasteiger partial charge in [0, 0.05) is 0 Å². The lowest BCUT2D eigenvalue weighted by molar-refractivity contribution is -0.180. The van der Waals surface area contributed by atoms with Crippen molar-refractivity contribution in [1.82, 2.24) is 0 Å². The Bertz CT molecular complexity index is 357. The molecule has 0 aromatic rings. The number of hydrogen-bond acceptors (Lipinski definition) is 5. The molecule has 1 atom stereocenters. The van der Waals surface area contributed by atoms with E-state index in [2.05, 4.69) is 0 Å². The molecular weight excluding hydrogens is 264 g/mol. The molecule has 0 saturated heterocycles. The molecule has 1 N–H and O–H groups in total. The fourth-order valence-corrected chi connectivity index (χ4v) is 1.38. The molecule has 20 heavy (non-hydrogen) atoms. The highest BCUT2D eigenvalue weighted by Gasteiger charge is 2.41. The number of carbonyl (C=O) groups is 3. The van der Waals surface area contributed by atoms with E-state index in [0.29, 0.717) is 0 Å². The third-order valence-electron chi connectivity index (χ3n) is 2.21. The van der Waals surface area contributed by atoms with Crippen molar-refractivity contribution in [2.24, 2.45) is 11.8 Å². The van der Waals surface area contributed by atoms with E-state index in [9.17, 15) is 14.4 Å². The fourth-order valence-electron chi connectivity index (χ4n) is 1.38. The van der Waals surface area contributed by atoms with E-state index in [1.165, 1.54) is 6.92 Å². The SMILES string of the molecule is CC(C(=O)O)C(C(=O)OC(C)(C)C)C(=O)OC(C)(C)C. The largest absolute Gasteiger partial charge is 0.481 e. The van der Waals surface area contributed by atoms with E-state index >= 15 is 0 Å². The fraction of sp³-hybridized carbons (Fsp3) is 0.786. The first-order chi connectivity index (χ1) is 8.74. The number of carboxylic acids is 1. The Morgan fingerprint density at radius 1 is 0.850 bits per heavy atom. The van der Waals surface area contributed by atoms with Crippen LogP contribution in [0, 0.1) is 11.8 Å². The van der Waals surface area contributed by atoms with E-state index in [-0.39, 0.29) is 0 Å². The van der Waals surface area contributed by atoms with Crippen molar-refractivity contribution >= 4 is 17.9 Å². The summed E-state index contributed by atoms with van der Waals surface area (Å²) in [6.45, 7) is 11.1. The number of esters is 2. The summed E-state index contributed by atoms with van der Waals surface area (Å²) in [4.78, 5) is 35.2. The van der Waals surface area contributed by atoms with Crippen LogP contribution in [0.5, 0.6) is 0 Å². The van der Waals surface area contributed by atoms with Crippen molar-refractivity contribution in [2.75, 3.05) is 0 Å². The Morgan fingerprint density at radius 3 is 1.35 bits per heavy atom. The van der Waals surface area contributed by atoms with Gasteiger partial charge >= 0.3 is 17.9 Å². The van der Waals surface area contributed by atoms with Crippen LogP contribution >= 0.6 is 0 Å². The quantitative estimate of drug-likeness (QED) is 0.628. The molecule has 0 aromatic heterocycles. The van der Waals surface area contributed by atoms with Gasteiger partial charge in [0.05, 0.1) is 5.92 Å². The third-order valence-corrected chi connectivity index (χ3v) is 2.21. The molecule has 116 valence electrons. The van der Waals surface area contributed by atoms with Crippen molar-refractivity contribution in [2.45, 2.75) is 59.7 Å². The zero-order valence-corrected chi connectivity index (χ0v) is 13.1. The maximum atomic E-state index is 12.0. The number of carbonyl (C=O) groups excluding carboxylic acids is 2. The lowest BCUT2D eigenvalue weighted by Gasteiger charge is -2.27. The maximum Gasteiger partial charge on any atom is 0.321 e. The summed E-state index contributed by atoms with van der Waals surface area (Å²) in [5.41, 5.74) is -1.62. The van der Waals surface area contributed by atoms with Gasteiger partial charge in [-0.15, -0.1) is 0 Å². The molecule has 0 rings (SSSR count). The number of hydrogen-bond donors (Lipinski definition) is 1.